The van der Waals surface area contributed by atoms with Gasteiger partial charge in [0.05, 0.1) is 5.69 Å². The van der Waals surface area contributed by atoms with Crippen molar-refractivity contribution in [3.63, 3.8) is 0 Å². The second kappa shape index (κ2) is 8.08. The highest BCUT2D eigenvalue weighted by Crippen LogP contribution is 2.22. The van der Waals surface area contributed by atoms with Gasteiger partial charge in [-0.15, -0.1) is 23.7 Å². The number of carbonyl (C=O) groups is 1. The number of aromatic nitrogens is 1. The molecule has 2 atom stereocenters. The van der Waals surface area contributed by atoms with Crippen molar-refractivity contribution in [2.24, 2.45) is 0 Å². The van der Waals surface area contributed by atoms with Crippen molar-refractivity contribution in [3.8, 4) is 0 Å². The van der Waals surface area contributed by atoms with Crippen LogP contribution in [0.15, 0.2) is 5.38 Å². The first-order valence-corrected chi connectivity index (χ1v) is 8.08. The van der Waals surface area contributed by atoms with E-state index in [2.05, 4.69) is 34.4 Å². The fraction of sp³-hybridized carbons (Fsp3) is 0.714. The van der Waals surface area contributed by atoms with Crippen LogP contribution in [0, 0.1) is 0 Å². The van der Waals surface area contributed by atoms with Crippen LogP contribution in [0.2, 0.25) is 0 Å². The number of nitrogens with one attached hydrogen (secondary N) is 1. The Kier molecular flexibility index (Phi) is 7.06. The Balaban J connectivity index is 0.00000220. The molecule has 1 N–H and O–H groups in total. The van der Waals surface area contributed by atoms with Crippen LogP contribution >= 0.6 is 23.7 Å². The number of hydrogen-bond donors (Lipinski definition) is 1. The molecule has 120 valence electrons. The summed E-state index contributed by atoms with van der Waals surface area (Å²) in [6.07, 6.45) is 0. The molecule has 2 rings (SSSR count). The molecular weight excluding hydrogens is 308 g/mol. The van der Waals surface area contributed by atoms with Gasteiger partial charge in [-0.05, 0) is 20.8 Å². The second-order valence-corrected chi connectivity index (χ2v) is 6.38. The number of piperazine rings is 1. The Bertz CT molecular complexity index is 458. The molecule has 2 heterocycles. The molecule has 1 saturated heterocycles. The minimum atomic E-state index is 0. The summed E-state index contributed by atoms with van der Waals surface area (Å²) >= 11 is 1.55. The molecule has 21 heavy (non-hydrogen) atoms. The summed E-state index contributed by atoms with van der Waals surface area (Å²) in [5, 5.41) is 6.41. The fourth-order valence-electron chi connectivity index (χ4n) is 2.78. The molecule has 0 aliphatic carbocycles. The van der Waals surface area contributed by atoms with Crippen LogP contribution in [0.5, 0.6) is 0 Å². The lowest BCUT2D eigenvalue weighted by Gasteiger charge is -2.35. The summed E-state index contributed by atoms with van der Waals surface area (Å²) in [6.45, 7) is 11.6. The lowest BCUT2D eigenvalue weighted by atomic mass is 10.1. The van der Waals surface area contributed by atoms with Crippen molar-refractivity contribution < 1.29 is 4.79 Å². The monoisotopic (exact) mass is 332 g/mol. The van der Waals surface area contributed by atoms with Crippen LogP contribution in [0.4, 0.5) is 5.13 Å². The largest absolute Gasteiger partial charge is 0.309 e. The van der Waals surface area contributed by atoms with Gasteiger partial charge >= 0.3 is 0 Å². The van der Waals surface area contributed by atoms with Crippen LogP contribution in [-0.4, -0.2) is 47.5 Å². The van der Waals surface area contributed by atoms with Crippen molar-refractivity contribution in [2.75, 3.05) is 24.5 Å². The van der Waals surface area contributed by atoms with Crippen LogP contribution in [-0.2, 0) is 11.3 Å². The van der Waals surface area contributed by atoms with Crippen molar-refractivity contribution in [1.82, 2.24) is 15.2 Å². The van der Waals surface area contributed by atoms with Crippen molar-refractivity contribution in [2.45, 2.75) is 46.3 Å². The van der Waals surface area contributed by atoms with Crippen LogP contribution in [0.1, 0.15) is 33.4 Å². The average Bonchev–Trinajstić information content (AvgIpc) is 2.76. The quantitative estimate of drug-likeness (QED) is 0.917. The molecule has 1 aromatic rings. The molecule has 1 aromatic heterocycles. The first-order valence-electron chi connectivity index (χ1n) is 7.20. The van der Waals surface area contributed by atoms with Crippen LogP contribution < -0.4 is 10.2 Å². The first kappa shape index (κ1) is 18.4. The average molecular weight is 333 g/mol. The molecule has 0 aromatic carbocycles. The van der Waals surface area contributed by atoms with Crippen LogP contribution in [0.3, 0.4) is 0 Å². The van der Waals surface area contributed by atoms with E-state index in [9.17, 15) is 4.79 Å². The van der Waals surface area contributed by atoms with Gasteiger partial charge in [0.25, 0.3) is 0 Å². The Hall–Kier alpha value is -0.690. The van der Waals surface area contributed by atoms with Gasteiger partial charge in [0, 0.05) is 50.6 Å². The third-order valence-corrected chi connectivity index (χ3v) is 4.40. The summed E-state index contributed by atoms with van der Waals surface area (Å²) in [5.41, 5.74) is 1.06. The van der Waals surface area contributed by atoms with E-state index in [1.165, 1.54) is 0 Å². The van der Waals surface area contributed by atoms with Crippen molar-refractivity contribution >= 4 is 34.8 Å². The van der Waals surface area contributed by atoms with E-state index in [-0.39, 0.29) is 18.3 Å². The lowest BCUT2D eigenvalue weighted by Crippen LogP contribution is -2.53. The van der Waals surface area contributed by atoms with Gasteiger partial charge < -0.3 is 5.32 Å². The summed E-state index contributed by atoms with van der Waals surface area (Å²) in [7, 11) is 0. The van der Waals surface area contributed by atoms with Crippen molar-refractivity contribution in [1.29, 1.82) is 0 Å². The highest BCUT2D eigenvalue weighted by molar-refractivity contribution is 7.14. The number of carbonyl (C=O) groups excluding carboxylic acids is 1. The molecule has 1 fully saturated rings. The maximum absolute atomic E-state index is 11.5. The number of hydrogen-bond acceptors (Lipinski definition) is 5. The molecule has 1 aliphatic rings. The van der Waals surface area contributed by atoms with Gasteiger partial charge in [0.2, 0.25) is 5.91 Å². The minimum Gasteiger partial charge on any atom is -0.309 e. The smallest absolute Gasteiger partial charge is 0.225 e. The molecule has 1 aliphatic heterocycles. The van der Waals surface area contributed by atoms with Gasteiger partial charge in [-0.1, -0.05) is 0 Å². The summed E-state index contributed by atoms with van der Waals surface area (Å²) in [5.74, 6) is 0.0535. The predicted octanol–water partition coefficient (Wildman–Crippen LogP) is 2.12. The van der Waals surface area contributed by atoms with E-state index in [4.69, 9.17) is 0 Å². The number of nitrogens with zero attached hydrogens (tertiary/aromatic N) is 3. The molecule has 0 spiro atoms. The fourth-order valence-corrected chi connectivity index (χ4v) is 3.71. The second-order valence-electron chi connectivity index (χ2n) is 5.55. The maximum Gasteiger partial charge on any atom is 0.225 e. The van der Waals surface area contributed by atoms with E-state index in [1.54, 1.807) is 23.2 Å². The molecular formula is C14H25ClN4OS. The van der Waals surface area contributed by atoms with Gasteiger partial charge in [-0.25, -0.2) is 4.98 Å². The SMILES string of the molecule is CCN(C(C)=O)c1nc(CN2CC(C)NC(C)C2)cs1.Cl. The molecule has 5 nitrogen and oxygen atoms in total. The maximum atomic E-state index is 11.5. The Morgan fingerprint density at radius 2 is 2.10 bits per heavy atom. The third-order valence-electron chi connectivity index (χ3n) is 3.49. The molecule has 2 unspecified atom stereocenters. The topological polar surface area (TPSA) is 48.5 Å². The Labute approximate surface area is 137 Å². The van der Waals surface area contributed by atoms with E-state index in [1.807, 2.05) is 6.92 Å². The van der Waals surface area contributed by atoms with E-state index in [0.717, 1.165) is 30.5 Å². The highest BCUT2D eigenvalue weighted by Gasteiger charge is 2.22. The van der Waals surface area contributed by atoms with Gasteiger partial charge in [0.1, 0.15) is 0 Å². The number of thiazole rings is 1. The van der Waals surface area contributed by atoms with E-state index in [0.29, 0.717) is 18.6 Å². The minimum absolute atomic E-state index is 0. The zero-order chi connectivity index (χ0) is 14.7. The summed E-state index contributed by atoms with van der Waals surface area (Å²) in [4.78, 5) is 20.3. The standard InChI is InChI=1S/C14H24N4OS.ClH/c1-5-18(12(4)19)14-16-13(9-20-14)8-17-6-10(2)15-11(3)7-17;/h9-11,15H,5-8H2,1-4H3;1H. The Morgan fingerprint density at radius 1 is 1.48 bits per heavy atom. The van der Waals surface area contributed by atoms with Crippen molar-refractivity contribution in [3.05, 3.63) is 11.1 Å². The zero-order valence-corrected chi connectivity index (χ0v) is 14.8. The first-order chi connectivity index (χ1) is 9.49. The summed E-state index contributed by atoms with van der Waals surface area (Å²) in [6, 6.07) is 1.03. The number of rotatable bonds is 4. The highest BCUT2D eigenvalue weighted by atomic mass is 35.5. The van der Waals surface area contributed by atoms with Gasteiger partial charge in [-0.3, -0.25) is 14.6 Å². The normalized spacial score (nSPS) is 22.7. The molecule has 0 saturated carbocycles. The zero-order valence-electron chi connectivity index (χ0n) is 13.1. The Morgan fingerprint density at radius 3 is 2.62 bits per heavy atom. The van der Waals surface area contributed by atoms with E-state index >= 15 is 0 Å². The van der Waals surface area contributed by atoms with Gasteiger partial charge in [0.15, 0.2) is 5.13 Å². The predicted molar refractivity (Wildman–Crippen MR) is 90.4 cm³/mol. The number of halogens is 1. The third kappa shape index (κ3) is 4.92. The molecule has 0 radical (unpaired) electrons. The number of amides is 1. The van der Waals surface area contributed by atoms with Crippen LogP contribution in [0.25, 0.3) is 0 Å². The van der Waals surface area contributed by atoms with Gasteiger partial charge in [-0.2, -0.15) is 0 Å². The van der Waals surface area contributed by atoms with E-state index < -0.39 is 0 Å². The number of anilines is 1. The molecule has 0 bridgehead atoms. The molecule has 1 amide bonds. The summed E-state index contributed by atoms with van der Waals surface area (Å²) < 4.78 is 0. The lowest BCUT2D eigenvalue weighted by molar-refractivity contribution is -0.116. The molecule has 7 heteroatoms.